The minimum atomic E-state index is -0.414. The average molecular weight is 506 g/mol. The van der Waals surface area contributed by atoms with Gasteiger partial charge in [-0.1, -0.05) is 23.8 Å². The summed E-state index contributed by atoms with van der Waals surface area (Å²) in [4.78, 5) is 32.4. The lowest BCUT2D eigenvalue weighted by molar-refractivity contribution is -0.133. The Hall–Kier alpha value is -4.18. The molecule has 1 aromatic carbocycles. The van der Waals surface area contributed by atoms with Crippen LogP contribution in [0.3, 0.4) is 0 Å². The van der Waals surface area contributed by atoms with Gasteiger partial charge in [0.25, 0.3) is 5.91 Å². The summed E-state index contributed by atoms with van der Waals surface area (Å²) < 4.78 is 8.55. The predicted octanol–water partition coefficient (Wildman–Crippen LogP) is 3.68. The van der Waals surface area contributed by atoms with Crippen LogP contribution in [-0.4, -0.2) is 60.3 Å². The van der Waals surface area contributed by atoms with Crippen molar-refractivity contribution in [1.29, 1.82) is 0 Å². The van der Waals surface area contributed by atoms with E-state index in [4.69, 9.17) is 16.3 Å². The SMILES string of the molecule is COc1ccc(Cl)cc1-c1nn(CC(=O)N2C(C)C=C[C@H]2C)cc1NC(=O)c1cnn2cccnc12. The number of halogens is 1. The van der Waals surface area contributed by atoms with Crippen molar-refractivity contribution in [2.75, 3.05) is 12.4 Å². The van der Waals surface area contributed by atoms with Crippen LogP contribution in [-0.2, 0) is 11.3 Å². The topological polar surface area (TPSA) is 107 Å². The number of hydrogen-bond donors (Lipinski definition) is 1. The Morgan fingerprint density at radius 3 is 2.72 bits per heavy atom. The molecule has 10 nitrogen and oxygen atoms in total. The quantitative estimate of drug-likeness (QED) is 0.401. The number of benzene rings is 1. The second kappa shape index (κ2) is 9.46. The van der Waals surface area contributed by atoms with Crippen molar-refractivity contribution in [3.8, 4) is 17.0 Å². The second-order valence-electron chi connectivity index (χ2n) is 8.50. The normalized spacial score (nSPS) is 17.1. The van der Waals surface area contributed by atoms with Crippen molar-refractivity contribution in [3.05, 3.63) is 71.8 Å². The maximum absolute atomic E-state index is 13.2. The van der Waals surface area contributed by atoms with Gasteiger partial charge in [-0.15, -0.1) is 0 Å². The largest absolute Gasteiger partial charge is 0.496 e. The summed E-state index contributed by atoms with van der Waals surface area (Å²) in [6.07, 6.45) is 10.4. The van der Waals surface area contributed by atoms with Crippen molar-refractivity contribution in [1.82, 2.24) is 29.3 Å². The van der Waals surface area contributed by atoms with Crippen LogP contribution in [0.5, 0.6) is 5.75 Å². The van der Waals surface area contributed by atoms with E-state index in [-0.39, 0.29) is 24.5 Å². The third-order valence-corrected chi connectivity index (χ3v) is 6.32. The number of nitrogens with zero attached hydrogens (tertiary/aromatic N) is 6. The monoisotopic (exact) mass is 505 g/mol. The average Bonchev–Trinajstić information content (AvgIpc) is 3.55. The number of carbonyl (C=O) groups excluding carboxylic acids is 2. The van der Waals surface area contributed by atoms with Crippen LogP contribution in [0.2, 0.25) is 5.02 Å². The number of aromatic nitrogens is 5. The Morgan fingerprint density at radius 2 is 1.97 bits per heavy atom. The van der Waals surface area contributed by atoms with E-state index in [9.17, 15) is 9.59 Å². The molecule has 1 aliphatic rings. The molecule has 0 spiro atoms. The van der Waals surface area contributed by atoms with Gasteiger partial charge in [0, 0.05) is 41.3 Å². The highest BCUT2D eigenvalue weighted by atomic mass is 35.5. The molecular weight excluding hydrogens is 482 g/mol. The van der Waals surface area contributed by atoms with Gasteiger partial charge < -0.3 is 15.0 Å². The third-order valence-electron chi connectivity index (χ3n) is 6.08. The van der Waals surface area contributed by atoms with E-state index in [1.54, 1.807) is 54.9 Å². The molecule has 0 saturated carbocycles. The first-order valence-electron chi connectivity index (χ1n) is 11.4. The van der Waals surface area contributed by atoms with Crippen molar-refractivity contribution in [2.45, 2.75) is 32.5 Å². The van der Waals surface area contributed by atoms with E-state index in [1.165, 1.54) is 15.4 Å². The van der Waals surface area contributed by atoms with Crippen LogP contribution in [0.25, 0.3) is 16.9 Å². The maximum atomic E-state index is 13.2. The van der Waals surface area contributed by atoms with E-state index < -0.39 is 5.91 Å². The molecular formula is C25H24ClN7O3. The smallest absolute Gasteiger partial charge is 0.261 e. The van der Waals surface area contributed by atoms with Crippen LogP contribution in [0.4, 0.5) is 5.69 Å². The molecule has 4 heterocycles. The Kier molecular flexibility index (Phi) is 6.19. The number of nitrogens with one attached hydrogen (secondary N) is 1. The van der Waals surface area contributed by atoms with Gasteiger partial charge in [0.2, 0.25) is 5.91 Å². The number of carbonyl (C=O) groups is 2. The van der Waals surface area contributed by atoms with Gasteiger partial charge in [0.15, 0.2) is 5.65 Å². The Bertz CT molecular complexity index is 1480. The molecule has 0 fully saturated rings. The summed E-state index contributed by atoms with van der Waals surface area (Å²) in [6.45, 7) is 3.94. The molecule has 0 bridgehead atoms. The van der Waals surface area contributed by atoms with Crippen molar-refractivity contribution in [2.24, 2.45) is 0 Å². The molecule has 0 radical (unpaired) electrons. The second-order valence-corrected chi connectivity index (χ2v) is 8.94. The number of ether oxygens (including phenoxy) is 1. The first-order chi connectivity index (χ1) is 17.4. The van der Waals surface area contributed by atoms with Crippen LogP contribution < -0.4 is 10.1 Å². The highest BCUT2D eigenvalue weighted by Crippen LogP contribution is 2.36. The van der Waals surface area contributed by atoms with E-state index in [1.807, 2.05) is 26.0 Å². The molecule has 2 amide bonds. The minimum absolute atomic E-state index is 0.000379. The highest BCUT2D eigenvalue weighted by Gasteiger charge is 2.28. The van der Waals surface area contributed by atoms with Crippen molar-refractivity contribution >= 4 is 34.7 Å². The summed E-state index contributed by atoms with van der Waals surface area (Å²) >= 11 is 6.27. The molecule has 1 unspecified atom stereocenters. The zero-order valence-electron chi connectivity index (χ0n) is 19.9. The van der Waals surface area contributed by atoms with Gasteiger partial charge >= 0.3 is 0 Å². The molecule has 1 N–H and O–H groups in total. The number of amides is 2. The Morgan fingerprint density at radius 1 is 1.19 bits per heavy atom. The molecule has 5 rings (SSSR count). The third kappa shape index (κ3) is 4.31. The van der Waals surface area contributed by atoms with Crippen LogP contribution in [0.1, 0.15) is 24.2 Å². The van der Waals surface area contributed by atoms with Gasteiger partial charge in [0.1, 0.15) is 23.6 Å². The molecule has 0 aliphatic carbocycles. The van der Waals surface area contributed by atoms with E-state index in [0.29, 0.717) is 38.9 Å². The summed E-state index contributed by atoms with van der Waals surface area (Å²) in [5, 5.41) is 12.2. The number of rotatable bonds is 6. The molecule has 4 aromatic rings. The first kappa shape index (κ1) is 23.6. The van der Waals surface area contributed by atoms with Crippen LogP contribution >= 0.6 is 11.6 Å². The Balaban J connectivity index is 1.52. The first-order valence-corrected chi connectivity index (χ1v) is 11.7. The van der Waals surface area contributed by atoms with E-state index in [0.717, 1.165) is 0 Å². The fraction of sp³-hybridized carbons (Fsp3) is 0.240. The molecule has 1 aliphatic heterocycles. The molecule has 184 valence electrons. The number of hydrogen-bond acceptors (Lipinski definition) is 6. The molecule has 11 heteroatoms. The maximum Gasteiger partial charge on any atom is 0.261 e. The molecule has 3 aromatic heterocycles. The molecule has 0 saturated heterocycles. The van der Waals surface area contributed by atoms with Gasteiger partial charge in [-0.25, -0.2) is 9.50 Å². The van der Waals surface area contributed by atoms with Crippen molar-refractivity contribution < 1.29 is 14.3 Å². The standard InChI is InChI=1S/C25H24ClN7O3/c1-15-5-6-16(2)33(15)22(34)14-31-13-20(23(30-31)18-11-17(26)7-8-21(18)36-3)29-25(35)19-12-28-32-10-4-9-27-24(19)32/h4-13,15-16H,14H2,1-3H3,(H,29,35)/t15-,16?/m1/s1. The zero-order valence-corrected chi connectivity index (χ0v) is 20.7. The summed E-state index contributed by atoms with van der Waals surface area (Å²) in [7, 11) is 1.54. The van der Waals surface area contributed by atoms with Gasteiger partial charge in [-0.05, 0) is 38.1 Å². The van der Waals surface area contributed by atoms with E-state index >= 15 is 0 Å². The van der Waals surface area contributed by atoms with Crippen LogP contribution in [0, 0.1) is 0 Å². The summed E-state index contributed by atoms with van der Waals surface area (Å²) in [5.74, 6) is 0.0229. The van der Waals surface area contributed by atoms with Gasteiger partial charge in [-0.3, -0.25) is 14.3 Å². The number of anilines is 1. The number of methoxy groups -OCH3 is 1. The van der Waals surface area contributed by atoms with Gasteiger partial charge in [-0.2, -0.15) is 10.2 Å². The van der Waals surface area contributed by atoms with Crippen LogP contribution in [0.15, 0.2) is 61.2 Å². The zero-order chi connectivity index (χ0) is 25.4. The lowest BCUT2D eigenvalue weighted by Gasteiger charge is -2.26. The molecule has 2 atom stereocenters. The fourth-order valence-electron chi connectivity index (χ4n) is 4.39. The van der Waals surface area contributed by atoms with Crippen molar-refractivity contribution in [3.63, 3.8) is 0 Å². The highest BCUT2D eigenvalue weighted by molar-refractivity contribution is 6.31. The van der Waals surface area contributed by atoms with Gasteiger partial charge in [0.05, 0.1) is 19.0 Å². The fourth-order valence-corrected chi connectivity index (χ4v) is 4.56. The minimum Gasteiger partial charge on any atom is -0.496 e. The molecule has 36 heavy (non-hydrogen) atoms. The lowest BCUT2D eigenvalue weighted by atomic mass is 10.1. The summed E-state index contributed by atoms with van der Waals surface area (Å²) in [5.41, 5.74) is 2.11. The van der Waals surface area contributed by atoms with E-state index in [2.05, 4.69) is 20.5 Å². The Labute approximate surface area is 212 Å². The predicted molar refractivity (Wildman–Crippen MR) is 135 cm³/mol. The summed E-state index contributed by atoms with van der Waals surface area (Å²) in [6, 6.07) is 6.86. The lowest BCUT2D eigenvalue weighted by Crippen LogP contribution is -2.41. The number of fused-ring (bicyclic) bond motifs is 1.